The molecule has 3 aliphatic rings. The van der Waals surface area contributed by atoms with E-state index in [1.54, 1.807) is 6.92 Å². The van der Waals surface area contributed by atoms with E-state index in [9.17, 15) is 4.79 Å². The molecule has 126 valence electrons. The van der Waals surface area contributed by atoms with Crippen molar-refractivity contribution in [3.63, 3.8) is 0 Å². The minimum Gasteiger partial charge on any atom is -0.381 e. The number of hydrogen-bond donors (Lipinski definition) is 1. The van der Waals surface area contributed by atoms with Crippen LogP contribution in [0.15, 0.2) is 4.52 Å². The number of nitrogens with zero attached hydrogens (tertiary/aromatic N) is 3. The highest BCUT2D eigenvalue weighted by Gasteiger charge is 2.59. The molecule has 7 nitrogen and oxygen atoms in total. The van der Waals surface area contributed by atoms with Gasteiger partial charge in [-0.3, -0.25) is 0 Å². The molecule has 1 aromatic heterocycles. The summed E-state index contributed by atoms with van der Waals surface area (Å²) in [5.41, 5.74) is 0.391. The van der Waals surface area contributed by atoms with Gasteiger partial charge in [-0.05, 0) is 31.6 Å². The molecule has 1 spiro atoms. The lowest BCUT2D eigenvalue weighted by molar-refractivity contribution is -0.137. The first-order chi connectivity index (χ1) is 11.2. The maximum Gasteiger partial charge on any atom is 0.318 e. The van der Waals surface area contributed by atoms with Crippen LogP contribution in [-0.2, 0) is 11.3 Å². The number of rotatable bonds is 3. The third-order valence-corrected chi connectivity index (χ3v) is 5.74. The standard InChI is InChI=1S/C16H24N4O3/c1-11-18-13(19-23-11)9-17-15(21)20-10-16(5-2-6-16)14(20)12-3-7-22-8-4-12/h12,14H,2-10H2,1H3,(H,17,21). The first-order valence-electron chi connectivity index (χ1n) is 8.59. The molecule has 2 aliphatic heterocycles. The molecule has 1 unspecified atom stereocenters. The van der Waals surface area contributed by atoms with Gasteiger partial charge in [-0.15, -0.1) is 0 Å². The van der Waals surface area contributed by atoms with Crippen LogP contribution in [0.1, 0.15) is 43.8 Å². The fourth-order valence-corrected chi connectivity index (χ4v) is 4.49. The Balaban J connectivity index is 1.39. The quantitative estimate of drug-likeness (QED) is 0.919. The molecule has 0 radical (unpaired) electrons. The van der Waals surface area contributed by atoms with E-state index in [-0.39, 0.29) is 6.03 Å². The van der Waals surface area contributed by atoms with Gasteiger partial charge in [0.05, 0.1) is 6.54 Å². The average molecular weight is 320 g/mol. The molecule has 1 aromatic rings. The number of aromatic nitrogens is 2. The smallest absolute Gasteiger partial charge is 0.318 e. The topological polar surface area (TPSA) is 80.5 Å². The van der Waals surface area contributed by atoms with Crippen molar-refractivity contribution >= 4 is 6.03 Å². The lowest BCUT2D eigenvalue weighted by atomic mass is 9.54. The second kappa shape index (κ2) is 5.78. The van der Waals surface area contributed by atoms with Crippen LogP contribution in [-0.4, -0.2) is 46.9 Å². The van der Waals surface area contributed by atoms with Gasteiger partial charge in [0.15, 0.2) is 5.82 Å². The van der Waals surface area contributed by atoms with E-state index < -0.39 is 0 Å². The van der Waals surface area contributed by atoms with Crippen molar-refractivity contribution in [2.75, 3.05) is 19.8 Å². The predicted octanol–water partition coefficient (Wildman–Crippen LogP) is 1.87. The van der Waals surface area contributed by atoms with Crippen molar-refractivity contribution in [1.82, 2.24) is 20.4 Å². The van der Waals surface area contributed by atoms with E-state index >= 15 is 0 Å². The Morgan fingerprint density at radius 2 is 2.17 bits per heavy atom. The number of urea groups is 1. The Bertz CT molecular complexity index is 578. The molecule has 1 aliphatic carbocycles. The summed E-state index contributed by atoms with van der Waals surface area (Å²) < 4.78 is 10.4. The van der Waals surface area contributed by atoms with Crippen molar-refractivity contribution in [2.24, 2.45) is 11.3 Å². The SMILES string of the molecule is Cc1nc(CNC(=O)N2CC3(CCC3)C2C2CCOCC2)no1. The number of carbonyl (C=O) groups excluding carboxylic acids is 1. The molecule has 0 bridgehead atoms. The second-order valence-corrected chi connectivity index (χ2v) is 7.13. The number of nitrogens with one attached hydrogen (secondary N) is 1. The summed E-state index contributed by atoms with van der Waals surface area (Å²) in [5, 5.41) is 6.76. The summed E-state index contributed by atoms with van der Waals surface area (Å²) >= 11 is 0. The third kappa shape index (κ3) is 2.60. The van der Waals surface area contributed by atoms with Gasteiger partial charge in [0.2, 0.25) is 5.89 Å². The lowest BCUT2D eigenvalue weighted by Gasteiger charge is -2.64. The van der Waals surface area contributed by atoms with E-state index in [2.05, 4.69) is 15.5 Å². The first-order valence-corrected chi connectivity index (χ1v) is 8.59. The summed E-state index contributed by atoms with van der Waals surface area (Å²) in [5.74, 6) is 1.63. The molecule has 23 heavy (non-hydrogen) atoms. The maximum absolute atomic E-state index is 12.6. The van der Waals surface area contributed by atoms with Crippen LogP contribution in [0.2, 0.25) is 0 Å². The van der Waals surface area contributed by atoms with Gasteiger partial charge in [-0.25, -0.2) is 4.79 Å². The summed E-state index contributed by atoms with van der Waals surface area (Å²) in [6.07, 6.45) is 5.98. The largest absolute Gasteiger partial charge is 0.381 e. The molecule has 1 saturated carbocycles. The Kier molecular flexibility index (Phi) is 3.75. The lowest BCUT2D eigenvalue weighted by Crippen LogP contribution is -2.72. The molecule has 3 heterocycles. The van der Waals surface area contributed by atoms with Gasteiger partial charge in [-0.2, -0.15) is 4.98 Å². The normalized spacial score (nSPS) is 26.7. The van der Waals surface area contributed by atoms with Gasteiger partial charge in [-0.1, -0.05) is 11.6 Å². The molecule has 0 aromatic carbocycles. The number of ether oxygens (including phenoxy) is 1. The summed E-state index contributed by atoms with van der Waals surface area (Å²) in [7, 11) is 0. The Labute approximate surface area is 135 Å². The van der Waals surface area contributed by atoms with E-state index in [0.717, 1.165) is 32.6 Å². The number of aryl methyl sites for hydroxylation is 1. The Hall–Kier alpha value is -1.63. The van der Waals surface area contributed by atoms with Crippen molar-refractivity contribution in [1.29, 1.82) is 0 Å². The monoisotopic (exact) mass is 320 g/mol. The maximum atomic E-state index is 12.6. The van der Waals surface area contributed by atoms with E-state index in [0.29, 0.717) is 35.6 Å². The highest BCUT2D eigenvalue weighted by atomic mass is 16.5. The van der Waals surface area contributed by atoms with Crippen LogP contribution in [0.5, 0.6) is 0 Å². The minimum atomic E-state index is 0.00136. The third-order valence-electron chi connectivity index (χ3n) is 5.74. The van der Waals surface area contributed by atoms with Crippen molar-refractivity contribution < 1.29 is 14.1 Å². The highest BCUT2D eigenvalue weighted by Crippen LogP contribution is 2.56. The molecule has 7 heteroatoms. The van der Waals surface area contributed by atoms with Gasteiger partial charge in [0.1, 0.15) is 0 Å². The second-order valence-electron chi connectivity index (χ2n) is 7.13. The molecule has 3 fully saturated rings. The van der Waals surface area contributed by atoms with Gasteiger partial charge in [0, 0.05) is 38.1 Å². The minimum absolute atomic E-state index is 0.00136. The molecule has 4 rings (SSSR count). The van der Waals surface area contributed by atoms with Gasteiger partial charge < -0.3 is 19.5 Å². The molecule has 2 amide bonds. The number of amides is 2. The zero-order valence-electron chi connectivity index (χ0n) is 13.6. The molecular formula is C16H24N4O3. The van der Waals surface area contributed by atoms with Crippen LogP contribution < -0.4 is 5.32 Å². The zero-order chi connectivity index (χ0) is 15.9. The fourth-order valence-electron chi connectivity index (χ4n) is 4.49. The van der Waals surface area contributed by atoms with E-state index in [4.69, 9.17) is 9.26 Å². The van der Waals surface area contributed by atoms with Crippen LogP contribution in [0.4, 0.5) is 4.79 Å². The highest BCUT2D eigenvalue weighted by molar-refractivity contribution is 5.76. The zero-order valence-corrected chi connectivity index (χ0v) is 13.6. The van der Waals surface area contributed by atoms with Crippen molar-refractivity contribution in [2.45, 2.75) is 51.6 Å². The van der Waals surface area contributed by atoms with Crippen LogP contribution in [0.3, 0.4) is 0 Å². The van der Waals surface area contributed by atoms with Crippen LogP contribution in [0.25, 0.3) is 0 Å². The number of likely N-dealkylation sites (tertiary alicyclic amines) is 1. The summed E-state index contributed by atoms with van der Waals surface area (Å²) in [6.45, 7) is 4.62. The Morgan fingerprint density at radius 1 is 1.39 bits per heavy atom. The number of hydrogen-bond acceptors (Lipinski definition) is 5. The molecule has 1 N–H and O–H groups in total. The van der Waals surface area contributed by atoms with E-state index in [1.165, 1.54) is 19.3 Å². The summed E-state index contributed by atoms with van der Waals surface area (Å²) in [4.78, 5) is 18.7. The molecule has 1 atom stereocenters. The van der Waals surface area contributed by atoms with Gasteiger partial charge in [0.25, 0.3) is 0 Å². The van der Waals surface area contributed by atoms with Crippen molar-refractivity contribution in [3.05, 3.63) is 11.7 Å². The average Bonchev–Trinajstić information content (AvgIpc) is 2.89. The van der Waals surface area contributed by atoms with Crippen LogP contribution >= 0.6 is 0 Å². The van der Waals surface area contributed by atoms with E-state index in [1.807, 2.05) is 4.90 Å². The predicted molar refractivity (Wildman–Crippen MR) is 81.6 cm³/mol. The van der Waals surface area contributed by atoms with Crippen LogP contribution in [0, 0.1) is 18.3 Å². The first kappa shape index (κ1) is 14.9. The van der Waals surface area contributed by atoms with Crippen molar-refractivity contribution in [3.8, 4) is 0 Å². The summed E-state index contributed by atoms with van der Waals surface area (Å²) in [6, 6.07) is 0.383. The Morgan fingerprint density at radius 3 is 2.78 bits per heavy atom. The molecule has 2 saturated heterocycles. The van der Waals surface area contributed by atoms with Gasteiger partial charge >= 0.3 is 6.03 Å². The number of carbonyl (C=O) groups is 1. The fraction of sp³-hybridized carbons (Fsp3) is 0.812. The molecular weight excluding hydrogens is 296 g/mol.